The fourth-order valence-electron chi connectivity index (χ4n) is 0.997. The summed E-state index contributed by atoms with van der Waals surface area (Å²) >= 11 is 0. The van der Waals surface area contributed by atoms with Crippen LogP contribution >= 0.6 is 0 Å². The smallest absolute Gasteiger partial charge is 0.318 e. The number of hydrogen-bond acceptors (Lipinski definition) is 4. The Morgan fingerprint density at radius 2 is 2.18 bits per heavy atom. The van der Waals surface area contributed by atoms with Crippen LogP contribution in [0.2, 0.25) is 0 Å². The number of nitrogens with zero attached hydrogens (tertiary/aromatic N) is 1. The number of carbonyl (C=O) groups is 1. The number of nitrogens with one attached hydrogen (secondary N) is 1. The van der Waals surface area contributed by atoms with E-state index in [1.54, 1.807) is 4.72 Å². The minimum absolute atomic E-state index is 0.364. The monoisotopic (exact) mass is 258 g/mol. The molecule has 1 aromatic rings. The highest BCUT2D eigenvalue weighted by molar-refractivity contribution is 7.89. The molecule has 0 atom stereocenters. The van der Waals surface area contributed by atoms with Crippen LogP contribution in [-0.2, 0) is 14.8 Å². The summed E-state index contributed by atoms with van der Waals surface area (Å²) in [5.74, 6) is -2.19. The number of carboxylic acid groups (broad SMARTS) is 1. The average molecular weight is 258 g/mol. The molecule has 0 saturated carbocycles. The standard InChI is InChI=1S/C9H7FN2O4S/c10-8-2-1-7(3-6(8)4-11)17(15,16)12-5-9(13)14/h1-3,12H,5H2,(H,13,14). The molecule has 8 heteroatoms. The van der Waals surface area contributed by atoms with E-state index < -0.39 is 33.9 Å². The second-order valence-corrected chi connectivity index (χ2v) is 4.74. The summed E-state index contributed by atoms with van der Waals surface area (Å²) in [6, 6.07) is 4.09. The molecule has 17 heavy (non-hydrogen) atoms. The van der Waals surface area contributed by atoms with Gasteiger partial charge in [-0.15, -0.1) is 0 Å². The van der Waals surface area contributed by atoms with E-state index in [1.807, 2.05) is 0 Å². The van der Waals surface area contributed by atoms with Crippen molar-refractivity contribution in [2.45, 2.75) is 4.90 Å². The van der Waals surface area contributed by atoms with Crippen LogP contribution in [0.4, 0.5) is 4.39 Å². The Balaban J connectivity index is 3.08. The Labute approximate surface area is 96.4 Å². The second kappa shape index (κ2) is 4.90. The lowest BCUT2D eigenvalue weighted by Crippen LogP contribution is -2.29. The van der Waals surface area contributed by atoms with Gasteiger partial charge in [0.05, 0.1) is 10.5 Å². The van der Waals surface area contributed by atoms with Crippen LogP contribution in [0.3, 0.4) is 0 Å². The molecule has 90 valence electrons. The highest BCUT2D eigenvalue weighted by atomic mass is 32.2. The highest BCUT2D eigenvalue weighted by Crippen LogP contribution is 2.13. The summed E-state index contributed by atoms with van der Waals surface area (Å²) in [6.45, 7) is -0.790. The molecule has 1 aromatic carbocycles. The van der Waals surface area contributed by atoms with Gasteiger partial charge in [0, 0.05) is 0 Å². The van der Waals surface area contributed by atoms with Crippen molar-refractivity contribution in [1.82, 2.24) is 4.72 Å². The number of benzene rings is 1. The molecule has 0 saturated heterocycles. The summed E-state index contributed by atoms with van der Waals surface area (Å²) < 4.78 is 37.7. The normalized spacial score (nSPS) is 10.8. The van der Waals surface area contributed by atoms with Crippen molar-refractivity contribution < 1.29 is 22.7 Å². The minimum Gasteiger partial charge on any atom is -0.480 e. The molecular formula is C9H7FN2O4S. The number of carboxylic acids is 1. The molecule has 0 aliphatic carbocycles. The first-order valence-electron chi connectivity index (χ1n) is 4.28. The number of hydrogen-bond donors (Lipinski definition) is 2. The molecule has 6 nitrogen and oxygen atoms in total. The Morgan fingerprint density at radius 1 is 1.53 bits per heavy atom. The molecule has 0 aromatic heterocycles. The van der Waals surface area contributed by atoms with Crippen LogP contribution in [-0.4, -0.2) is 26.0 Å². The Hall–Kier alpha value is -1.98. The zero-order chi connectivity index (χ0) is 13.1. The molecule has 1 rings (SSSR count). The molecule has 0 amide bonds. The van der Waals surface area contributed by atoms with Crippen molar-refractivity contribution in [3.8, 4) is 6.07 Å². The number of rotatable bonds is 4. The third kappa shape index (κ3) is 3.24. The van der Waals surface area contributed by atoms with E-state index in [2.05, 4.69) is 0 Å². The van der Waals surface area contributed by atoms with Gasteiger partial charge in [0.2, 0.25) is 10.0 Å². The van der Waals surface area contributed by atoms with E-state index in [9.17, 15) is 17.6 Å². The highest BCUT2D eigenvalue weighted by Gasteiger charge is 2.17. The van der Waals surface area contributed by atoms with Crippen LogP contribution in [0.1, 0.15) is 5.56 Å². The Bertz CT molecular complexity index is 592. The molecule has 0 radical (unpaired) electrons. The fraction of sp³-hybridized carbons (Fsp3) is 0.111. The van der Waals surface area contributed by atoms with Gasteiger partial charge in [0.25, 0.3) is 0 Å². The topological polar surface area (TPSA) is 107 Å². The van der Waals surface area contributed by atoms with Crippen LogP contribution in [0, 0.1) is 17.1 Å². The van der Waals surface area contributed by atoms with Gasteiger partial charge in [-0.1, -0.05) is 0 Å². The number of nitriles is 1. The first-order chi connectivity index (χ1) is 7.86. The molecule has 0 fully saturated rings. The molecule has 0 aliphatic heterocycles. The second-order valence-electron chi connectivity index (χ2n) is 2.97. The third-order valence-electron chi connectivity index (χ3n) is 1.78. The average Bonchev–Trinajstić information content (AvgIpc) is 2.27. The fourth-order valence-corrected chi connectivity index (χ4v) is 2.00. The minimum atomic E-state index is -4.05. The van der Waals surface area contributed by atoms with Crippen molar-refractivity contribution in [3.05, 3.63) is 29.6 Å². The van der Waals surface area contributed by atoms with Crippen LogP contribution in [0.25, 0.3) is 0 Å². The van der Waals surface area contributed by atoms with Crippen LogP contribution < -0.4 is 4.72 Å². The van der Waals surface area contributed by atoms with Crippen molar-refractivity contribution in [1.29, 1.82) is 5.26 Å². The van der Waals surface area contributed by atoms with E-state index >= 15 is 0 Å². The van der Waals surface area contributed by atoms with E-state index in [1.165, 1.54) is 6.07 Å². The predicted octanol–water partition coefficient (Wildman–Crippen LogP) is 0.0603. The summed E-state index contributed by atoms with van der Waals surface area (Å²) in [7, 11) is -4.05. The number of aliphatic carboxylic acids is 1. The molecule has 0 heterocycles. The zero-order valence-corrected chi connectivity index (χ0v) is 9.16. The summed E-state index contributed by atoms with van der Waals surface area (Å²) in [6.07, 6.45) is 0. The molecule has 0 bridgehead atoms. The number of halogens is 1. The van der Waals surface area contributed by atoms with Crippen molar-refractivity contribution in [3.63, 3.8) is 0 Å². The van der Waals surface area contributed by atoms with Gasteiger partial charge < -0.3 is 5.11 Å². The molecule has 2 N–H and O–H groups in total. The van der Waals surface area contributed by atoms with Gasteiger partial charge in [0.15, 0.2) is 0 Å². The molecule has 0 spiro atoms. The maximum absolute atomic E-state index is 12.9. The molecule has 0 unspecified atom stereocenters. The molecular weight excluding hydrogens is 251 g/mol. The predicted molar refractivity (Wildman–Crippen MR) is 53.9 cm³/mol. The van der Waals surface area contributed by atoms with Gasteiger partial charge in [-0.3, -0.25) is 4.79 Å². The Morgan fingerprint density at radius 3 is 2.71 bits per heavy atom. The van der Waals surface area contributed by atoms with Gasteiger partial charge >= 0.3 is 5.97 Å². The van der Waals surface area contributed by atoms with Gasteiger partial charge in [-0.2, -0.15) is 9.98 Å². The lowest BCUT2D eigenvalue weighted by Gasteiger charge is -2.04. The van der Waals surface area contributed by atoms with E-state index in [-0.39, 0.29) is 4.90 Å². The lowest BCUT2D eigenvalue weighted by atomic mass is 10.2. The quantitative estimate of drug-likeness (QED) is 0.794. The Kier molecular flexibility index (Phi) is 3.77. The van der Waals surface area contributed by atoms with Crippen molar-refractivity contribution >= 4 is 16.0 Å². The van der Waals surface area contributed by atoms with Crippen LogP contribution in [0.5, 0.6) is 0 Å². The summed E-state index contributed by atoms with van der Waals surface area (Å²) in [5, 5.41) is 16.9. The maximum Gasteiger partial charge on any atom is 0.318 e. The van der Waals surface area contributed by atoms with Crippen LogP contribution in [0.15, 0.2) is 23.1 Å². The first kappa shape index (κ1) is 13.1. The van der Waals surface area contributed by atoms with E-state index in [0.29, 0.717) is 0 Å². The summed E-state index contributed by atoms with van der Waals surface area (Å²) in [5.41, 5.74) is -0.428. The van der Waals surface area contributed by atoms with Crippen molar-refractivity contribution in [2.24, 2.45) is 0 Å². The van der Waals surface area contributed by atoms with Crippen molar-refractivity contribution in [2.75, 3.05) is 6.54 Å². The van der Waals surface area contributed by atoms with Gasteiger partial charge in [-0.05, 0) is 18.2 Å². The van der Waals surface area contributed by atoms with E-state index in [4.69, 9.17) is 10.4 Å². The largest absolute Gasteiger partial charge is 0.480 e. The van der Waals surface area contributed by atoms with Gasteiger partial charge in [0.1, 0.15) is 18.4 Å². The zero-order valence-electron chi connectivity index (χ0n) is 8.34. The molecule has 0 aliphatic rings. The first-order valence-corrected chi connectivity index (χ1v) is 5.76. The summed E-state index contributed by atoms with van der Waals surface area (Å²) in [4.78, 5) is 9.85. The lowest BCUT2D eigenvalue weighted by molar-refractivity contribution is -0.135. The SMILES string of the molecule is N#Cc1cc(S(=O)(=O)NCC(=O)O)ccc1F. The maximum atomic E-state index is 12.9. The van der Waals surface area contributed by atoms with Gasteiger partial charge in [-0.25, -0.2) is 12.8 Å². The third-order valence-corrected chi connectivity index (χ3v) is 3.18. The number of sulfonamides is 1. The van der Waals surface area contributed by atoms with E-state index in [0.717, 1.165) is 18.2 Å².